The van der Waals surface area contributed by atoms with Gasteiger partial charge in [-0.3, -0.25) is 9.67 Å². The van der Waals surface area contributed by atoms with E-state index in [0.29, 0.717) is 47.4 Å². The van der Waals surface area contributed by atoms with Crippen molar-refractivity contribution in [2.45, 2.75) is 39.7 Å². The minimum Gasteiger partial charge on any atom is -0.493 e. The van der Waals surface area contributed by atoms with Crippen LogP contribution in [0, 0.1) is 0 Å². The van der Waals surface area contributed by atoms with E-state index < -0.39 is 0 Å². The van der Waals surface area contributed by atoms with Gasteiger partial charge in [0.15, 0.2) is 17.3 Å². The maximum atomic E-state index is 12.4. The van der Waals surface area contributed by atoms with Crippen molar-refractivity contribution in [2.24, 2.45) is 0 Å². The number of carbonyl (C=O) groups excluding carboxylic acids is 1. The summed E-state index contributed by atoms with van der Waals surface area (Å²) < 4.78 is 18.9. The number of fused-ring (bicyclic) bond motifs is 1. The van der Waals surface area contributed by atoms with E-state index in [-0.39, 0.29) is 11.4 Å². The highest BCUT2D eigenvalue weighted by Crippen LogP contribution is 2.36. The predicted molar refractivity (Wildman–Crippen MR) is 151 cm³/mol. The largest absolute Gasteiger partial charge is 0.493 e. The molecule has 0 fully saturated rings. The van der Waals surface area contributed by atoms with Crippen molar-refractivity contribution in [3.05, 3.63) is 89.6 Å². The fourth-order valence-corrected chi connectivity index (χ4v) is 4.32. The molecule has 0 radical (unpaired) electrons. The molecule has 3 aromatic carbocycles. The number of imidazole rings is 1. The molecule has 8 nitrogen and oxygen atoms in total. The Morgan fingerprint density at radius 2 is 1.77 bits per heavy atom. The monoisotopic (exact) mass is 524 g/mol. The number of aromatic nitrogens is 4. The molecule has 5 rings (SSSR count). The van der Waals surface area contributed by atoms with Gasteiger partial charge in [0, 0.05) is 22.7 Å². The third kappa shape index (κ3) is 5.36. The lowest BCUT2D eigenvalue weighted by atomic mass is 9.92. The molecule has 0 aliphatic rings. The van der Waals surface area contributed by atoms with E-state index in [0.717, 1.165) is 22.3 Å². The predicted octanol–water partition coefficient (Wildman–Crippen LogP) is 6.48. The molecule has 2 aromatic heterocycles. The third-order valence-corrected chi connectivity index (χ3v) is 6.43. The van der Waals surface area contributed by atoms with Crippen LogP contribution in [-0.2, 0) is 16.8 Å². The molecule has 5 aromatic rings. The van der Waals surface area contributed by atoms with Gasteiger partial charge < -0.3 is 14.2 Å². The van der Waals surface area contributed by atoms with Crippen LogP contribution >= 0.6 is 0 Å². The van der Waals surface area contributed by atoms with E-state index in [2.05, 4.69) is 31.0 Å². The lowest BCUT2D eigenvalue weighted by molar-refractivity contribution is 0.0526. The van der Waals surface area contributed by atoms with Gasteiger partial charge in [-0.2, -0.15) is 5.10 Å². The molecule has 0 saturated heterocycles. The zero-order valence-corrected chi connectivity index (χ0v) is 22.8. The van der Waals surface area contributed by atoms with Crippen molar-refractivity contribution in [3.63, 3.8) is 0 Å². The van der Waals surface area contributed by atoms with Crippen LogP contribution in [0.3, 0.4) is 0 Å². The minimum absolute atomic E-state index is 0.111. The van der Waals surface area contributed by atoms with E-state index >= 15 is 0 Å². The van der Waals surface area contributed by atoms with Gasteiger partial charge in [0.2, 0.25) is 0 Å². The van der Waals surface area contributed by atoms with E-state index in [1.807, 2.05) is 65.2 Å². The molecule has 200 valence electrons. The average molecular weight is 525 g/mol. The number of nitrogens with zero attached hydrogens (tertiary/aromatic N) is 3. The number of nitrogens with one attached hydrogen (secondary N) is 1. The van der Waals surface area contributed by atoms with E-state index in [1.165, 1.54) is 0 Å². The van der Waals surface area contributed by atoms with Crippen LogP contribution in [0.5, 0.6) is 11.5 Å². The normalized spacial score (nSPS) is 11.5. The zero-order valence-electron chi connectivity index (χ0n) is 22.8. The highest BCUT2D eigenvalue weighted by atomic mass is 16.5. The van der Waals surface area contributed by atoms with Crippen LogP contribution in [0.4, 0.5) is 0 Å². The Bertz CT molecular complexity index is 1610. The summed E-state index contributed by atoms with van der Waals surface area (Å²) in [5.41, 5.74) is 4.67. The summed E-state index contributed by atoms with van der Waals surface area (Å²) >= 11 is 0. The number of ether oxygens (including phenoxy) is 3. The number of H-pyrrole nitrogens is 1. The first-order valence-corrected chi connectivity index (χ1v) is 12.9. The molecular weight excluding hydrogens is 492 g/mol. The van der Waals surface area contributed by atoms with Gasteiger partial charge in [-0.15, -0.1) is 0 Å². The number of esters is 1. The molecule has 1 N–H and O–H groups in total. The Hall–Kier alpha value is -4.59. The van der Waals surface area contributed by atoms with Crippen LogP contribution < -0.4 is 9.47 Å². The Morgan fingerprint density at radius 1 is 0.974 bits per heavy atom. The van der Waals surface area contributed by atoms with Crippen molar-refractivity contribution in [2.75, 3.05) is 13.7 Å². The van der Waals surface area contributed by atoms with Gasteiger partial charge in [-0.1, -0.05) is 51.1 Å². The summed E-state index contributed by atoms with van der Waals surface area (Å²) in [5.74, 6) is 2.20. The fraction of sp³-hybridized carbons (Fsp3) is 0.258. The first kappa shape index (κ1) is 26.0. The van der Waals surface area contributed by atoms with Crippen molar-refractivity contribution in [1.29, 1.82) is 0 Å². The lowest BCUT2D eigenvalue weighted by Crippen LogP contribution is -2.11. The van der Waals surface area contributed by atoms with Crippen molar-refractivity contribution < 1.29 is 19.0 Å². The summed E-state index contributed by atoms with van der Waals surface area (Å²) in [5, 5.41) is 7.79. The van der Waals surface area contributed by atoms with Crippen LogP contribution in [0.2, 0.25) is 0 Å². The van der Waals surface area contributed by atoms with Crippen molar-refractivity contribution in [3.8, 4) is 28.7 Å². The second-order valence-electron chi connectivity index (χ2n) is 10.2. The number of carbonyl (C=O) groups is 1. The number of methoxy groups -OCH3 is 1. The van der Waals surface area contributed by atoms with Crippen LogP contribution in [0.15, 0.2) is 72.8 Å². The van der Waals surface area contributed by atoms with Gasteiger partial charge in [0.05, 0.1) is 30.3 Å². The molecule has 39 heavy (non-hydrogen) atoms. The number of benzene rings is 3. The Morgan fingerprint density at radius 3 is 2.46 bits per heavy atom. The summed E-state index contributed by atoms with van der Waals surface area (Å²) in [6.45, 7) is 8.90. The summed E-state index contributed by atoms with van der Waals surface area (Å²) in [6, 6.07) is 23.1. The van der Waals surface area contributed by atoms with Crippen LogP contribution in [0.1, 0.15) is 49.3 Å². The van der Waals surface area contributed by atoms with Gasteiger partial charge >= 0.3 is 5.97 Å². The smallest absolute Gasteiger partial charge is 0.338 e. The van der Waals surface area contributed by atoms with Crippen molar-refractivity contribution >= 4 is 17.0 Å². The van der Waals surface area contributed by atoms with E-state index in [9.17, 15) is 4.79 Å². The molecule has 0 saturated carbocycles. The van der Waals surface area contributed by atoms with Gasteiger partial charge in [-0.05, 0) is 48.9 Å². The number of aromatic amines is 1. The molecule has 0 atom stereocenters. The Kier molecular flexibility index (Phi) is 7.11. The molecule has 0 amide bonds. The first-order valence-electron chi connectivity index (χ1n) is 12.9. The quantitative estimate of drug-likeness (QED) is 0.234. The fourth-order valence-electron chi connectivity index (χ4n) is 4.32. The number of hydrogen-bond donors (Lipinski definition) is 1. The molecule has 8 heteroatoms. The first-order chi connectivity index (χ1) is 18.8. The van der Waals surface area contributed by atoms with Gasteiger partial charge in [0.25, 0.3) is 0 Å². The summed E-state index contributed by atoms with van der Waals surface area (Å²) in [4.78, 5) is 17.4. The second kappa shape index (κ2) is 10.6. The van der Waals surface area contributed by atoms with Gasteiger partial charge in [-0.25, -0.2) is 9.78 Å². The van der Waals surface area contributed by atoms with Gasteiger partial charge in [0.1, 0.15) is 12.4 Å². The molecule has 2 heterocycles. The highest BCUT2D eigenvalue weighted by Gasteiger charge is 2.22. The minimum atomic E-state index is -0.383. The third-order valence-electron chi connectivity index (χ3n) is 6.43. The van der Waals surface area contributed by atoms with Crippen LogP contribution in [-0.4, -0.2) is 39.4 Å². The number of hydrogen-bond acceptors (Lipinski definition) is 6. The maximum absolute atomic E-state index is 12.4. The summed E-state index contributed by atoms with van der Waals surface area (Å²) in [6.07, 6.45) is 0. The molecular formula is C31H32N4O4. The molecule has 0 spiro atoms. The Balaban J connectivity index is 1.60. The summed E-state index contributed by atoms with van der Waals surface area (Å²) in [7, 11) is 1.62. The molecule has 0 aliphatic heterocycles. The molecule has 0 bridgehead atoms. The van der Waals surface area contributed by atoms with E-state index in [1.54, 1.807) is 26.2 Å². The maximum Gasteiger partial charge on any atom is 0.338 e. The standard InChI is InChI=1S/C31H32N4O4/c1-6-38-30(36)22-12-14-24-23(16-22)32-29(35(24)28-18-27(33-34-28)31(2,3)4)21-13-15-25(26(17-21)37-5)39-19-20-10-8-7-9-11-20/h7-18H,6,19H2,1-5H3,(H,33,34). The zero-order chi connectivity index (χ0) is 27.6. The SMILES string of the molecule is CCOC(=O)c1ccc2c(c1)nc(-c1ccc(OCc3ccccc3)c(OC)c1)n2-c1cc(C(C)(C)C)[nH]n1. The Labute approximate surface area is 227 Å². The van der Waals surface area contributed by atoms with Crippen LogP contribution in [0.25, 0.3) is 28.2 Å². The lowest BCUT2D eigenvalue weighted by Gasteiger charge is -2.15. The second-order valence-corrected chi connectivity index (χ2v) is 10.2. The van der Waals surface area contributed by atoms with Crippen molar-refractivity contribution in [1.82, 2.24) is 19.7 Å². The topological polar surface area (TPSA) is 91.3 Å². The number of rotatable bonds is 8. The average Bonchev–Trinajstić information content (AvgIpc) is 3.57. The highest BCUT2D eigenvalue weighted by molar-refractivity contribution is 5.95. The van der Waals surface area contributed by atoms with E-state index in [4.69, 9.17) is 19.2 Å². The molecule has 0 aliphatic carbocycles. The molecule has 0 unspecified atom stereocenters.